The first-order valence-corrected chi connectivity index (χ1v) is 4.05. The summed E-state index contributed by atoms with van der Waals surface area (Å²) in [7, 11) is 0. The van der Waals surface area contributed by atoms with Gasteiger partial charge in [-0.25, -0.2) is 0 Å². The molecule has 0 radical (unpaired) electrons. The van der Waals surface area contributed by atoms with Crippen molar-refractivity contribution < 1.29 is 9.53 Å². The predicted molar refractivity (Wildman–Crippen MR) is 40.5 cm³/mol. The van der Waals surface area contributed by atoms with Crippen LogP contribution in [0.2, 0.25) is 0 Å². The molecule has 0 bridgehead atoms. The molecule has 2 aliphatic rings. The van der Waals surface area contributed by atoms with E-state index in [-0.39, 0.29) is 24.0 Å². The molecule has 1 heterocycles. The second kappa shape index (κ2) is 2.77. The van der Waals surface area contributed by atoms with E-state index in [0.717, 1.165) is 12.8 Å². The van der Waals surface area contributed by atoms with E-state index in [1.807, 2.05) is 0 Å². The van der Waals surface area contributed by atoms with Gasteiger partial charge in [0.1, 0.15) is 12.2 Å². The predicted octanol–water partition coefficient (Wildman–Crippen LogP) is 1.19. The number of hydrogen-bond acceptors (Lipinski definition) is 3. The maximum absolute atomic E-state index is 11.1. The molecule has 3 atom stereocenters. The summed E-state index contributed by atoms with van der Waals surface area (Å²) >= 11 is 0. The molecule has 5 heteroatoms. The third-order valence-corrected chi connectivity index (χ3v) is 2.35. The standard InChI is InChI=1S/C7H9N3O2/c8-10-9-4-2-1-3-5(11)7-6(4)12-7/h4,6-7H,1-3H2. The van der Waals surface area contributed by atoms with Crippen molar-refractivity contribution in [1.82, 2.24) is 0 Å². The summed E-state index contributed by atoms with van der Waals surface area (Å²) in [6.45, 7) is 0. The molecule has 1 aliphatic heterocycles. The molecule has 1 saturated heterocycles. The first kappa shape index (κ1) is 7.58. The minimum absolute atomic E-state index is 0.115. The second-order valence-corrected chi connectivity index (χ2v) is 3.15. The Balaban J connectivity index is 2.09. The number of carbonyl (C=O) groups excluding carboxylic acids is 1. The molecule has 64 valence electrons. The lowest BCUT2D eigenvalue weighted by atomic mass is 10.1. The summed E-state index contributed by atoms with van der Waals surface area (Å²) in [5, 5.41) is 3.60. The average Bonchev–Trinajstić information content (AvgIpc) is 2.80. The number of azide groups is 1. The van der Waals surface area contributed by atoms with Gasteiger partial charge in [-0.15, -0.1) is 0 Å². The number of ketones is 1. The summed E-state index contributed by atoms with van der Waals surface area (Å²) in [4.78, 5) is 13.9. The van der Waals surface area contributed by atoms with Crippen LogP contribution in [0.3, 0.4) is 0 Å². The van der Waals surface area contributed by atoms with E-state index in [1.165, 1.54) is 0 Å². The van der Waals surface area contributed by atoms with Crippen LogP contribution in [0.4, 0.5) is 0 Å². The van der Waals surface area contributed by atoms with Crippen molar-refractivity contribution in [2.75, 3.05) is 0 Å². The van der Waals surface area contributed by atoms with E-state index in [0.29, 0.717) is 6.42 Å². The SMILES string of the molecule is [N-]=[N+]=NC1CCCC(=O)C2OC12. The maximum atomic E-state index is 11.1. The number of ether oxygens (including phenoxy) is 1. The largest absolute Gasteiger partial charge is 0.361 e. The van der Waals surface area contributed by atoms with Crippen molar-refractivity contribution in [2.45, 2.75) is 37.5 Å². The molecule has 5 nitrogen and oxygen atoms in total. The topological polar surface area (TPSA) is 78.4 Å². The Bertz CT molecular complexity index is 259. The highest BCUT2D eigenvalue weighted by Crippen LogP contribution is 2.34. The number of hydrogen-bond donors (Lipinski definition) is 0. The molecule has 0 aromatic rings. The number of carbonyl (C=O) groups is 1. The van der Waals surface area contributed by atoms with Gasteiger partial charge in [-0.1, -0.05) is 5.11 Å². The van der Waals surface area contributed by atoms with Gasteiger partial charge < -0.3 is 4.74 Å². The Labute approximate surface area is 69.3 Å². The quantitative estimate of drug-likeness (QED) is 0.254. The van der Waals surface area contributed by atoms with Crippen molar-refractivity contribution in [3.8, 4) is 0 Å². The van der Waals surface area contributed by atoms with Gasteiger partial charge in [-0.2, -0.15) is 0 Å². The summed E-state index contributed by atoms with van der Waals surface area (Å²) in [5.41, 5.74) is 8.23. The van der Waals surface area contributed by atoms with Crippen LogP contribution in [0.25, 0.3) is 10.4 Å². The van der Waals surface area contributed by atoms with Crippen molar-refractivity contribution in [3.05, 3.63) is 10.4 Å². The zero-order valence-electron chi connectivity index (χ0n) is 6.51. The van der Waals surface area contributed by atoms with Crippen LogP contribution in [0.5, 0.6) is 0 Å². The van der Waals surface area contributed by atoms with Crippen LogP contribution >= 0.6 is 0 Å². The highest BCUT2D eigenvalue weighted by molar-refractivity contribution is 5.86. The Hall–Kier alpha value is -1.06. The molecule has 2 fully saturated rings. The summed E-state index contributed by atoms with van der Waals surface area (Å²) in [6.07, 6.45) is 1.79. The van der Waals surface area contributed by atoms with Crippen LogP contribution in [-0.2, 0) is 9.53 Å². The maximum Gasteiger partial charge on any atom is 0.164 e. The Morgan fingerprint density at radius 3 is 3.25 bits per heavy atom. The first-order valence-electron chi connectivity index (χ1n) is 4.05. The lowest BCUT2D eigenvalue weighted by Crippen LogP contribution is -2.14. The molecule has 0 aromatic heterocycles. The smallest absolute Gasteiger partial charge is 0.164 e. The monoisotopic (exact) mass is 167 g/mol. The zero-order valence-corrected chi connectivity index (χ0v) is 6.51. The van der Waals surface area contributed by atoms with E-state index in [2.05, 4.69) is 10.0 Å². The van der Waals surface area contributed by atoms with Crippen LogP contribution < -0.4 is 0 Å². The molecular weight excluding hydrogens is 158 g/mol. The van der Waals surface area contributed by atoms with Gasteiger partial charge in [0.15, 0.2) is 5.78 Å². The number of epoxide rings is 1. The van der Waals surface area contributed by atoms with Crippen LogP contribution in [0.1, 0.15) is 19.3 Å². The molecule has 0 amide bonds. The third-order valence-electron chi connectivity index (χ3n) is 2.35. The fourth-order valence-electron chi connectivity index (χ4n) is 1.66. The van der Waals surface area contributed by atoms with E-state index in [4.69, 9.17) is 10.3 Å². The van der Waals surface area contributed by atoms with Gasteiger partial charge in [0, 0.05) is 11.3 Å². The van der Waals surface area contributed by atoms with Crippen molar-refractivity contribution in [2.24, 2.45) is 5.11 Å². The van der Waals surface area contributed by atoms with Crippen LogP contribution in [0.15, 0.2) is 5.11 Å². The lowest BCUT2D eigenvalue weighted by Gasteiger charge is -2.02. The van der Waals surface area contributed by atoms with Crippen molar-refractivity contribution >= 4 is 5.78 Å². The van der Waals surface area contributed by atoms with Crippen molar-refractivity contribution in [1.29, 1.82) is 0 Å². The first-order chi connectivity index (χ1) is 5.83. The Morgan fingerprint density at radius 1 is 1.67 bits per heavy atom. The van der Waals surface area contributed by atoms with Gasteiger partial charge in [-0.05, 0) is 18.4 Å². The van der Waals surface area contributed by atoms with Crippen LogP contribution in [-0.4, -0.2) is 24.0 Å². The van der Waals surface area contributed by atoms with Crippen molar-refractivity contribution in [3.63, 3.8) is 0 Å². The minimum atomic E-state index is -0.261. The third kappa shape index (κ3) is 1.17. The number of nitrogens with zero attached hydrogens (tertiary/aromatic N) is 3. The molecule has 1 aliphatic carbocycles. The molecule has 3 unspecified atom stereocenters. The van der Waals surface area contributed by atoms with Gasteiger partial charge in [0.25, 0.3) is 0 Å². The van der Waals surface area contributed by atoms with Gasteiger partial charge in [0.05, 0.1) is 6.04 Å². The summed E-state index contributed by atoms with van der Waals surface area (Å²) in [6, 6.07) is -0.119. The number of rotatable bonds is 1. The highest BCUT2D eigenvalue weighted by Gasteiger charge is 2.50. The fourth-order valence-corrected chi connectivity index (χ4v) is 1.66. The molecule has 0 N–H and O–H groups in total. The Morgan fingerprint density at radius 2 is 2.50 bits per heavy atom. The summed E-state index contributed by atoms with van der Waals surface area (Å²) < 4.78 is 5.12. The summed E-state index contributed by atoms with van der Waals surface area (Å²) in [5.74, 6) is 0.163. The molecule has 0 aromatic carbocycles. The van der Waals surface area contributed by atoms with E-state index < -0.39 is 0 Å². The van der Waals surface area contributed by atoms with Crippen LogP contribution in [0, 0.1) is 0 Å². The lowest BCUT2D eigenvalue weighted by molar-refractivity contribution is -0.120. The number of Topliss-reactive ketones (excluding diaryl/α,β-unsaturated/α-hetero) is 1. The molecule has 1 saturated carbocycles. The minimum Gasteiger partial charge on any atom is -0.361 e. The second-order valence-electron chi connectivity index (χ2n) is 3.15. The molecule has 0 spiro atoms. The molecule has 12 heavy (non-hydrogen) atoms. The average molecular weight is 167 g/mol. The van der Waals surface area contributed by atoms with Gasteiger partial charge >= 0.3 is 0 Å². The van der Waals surface area contributed by atoms with E-state index in [1.54, 1.807) is 0 Å². The van der Waals surface area contributed by atoms with E-state index in [9.17, 15) is 4.79 Å². The van der Waals surface area contributed by atoms with E-state index >= 15 is 0 Å². The Kier molecular flexibility index (Phi) is 1.75. The highest BCUT2D eigenvalue weighted by atomic mass is 16.6. The normalized spacial score (nSPS) is 39.3. The van der Waals surface area contributed by atoms with Gasteiger partial charge in [-0.3, -0.25) is 4.79 Å². The fraction of sp³-hybridized carbons (Fsp3) is 0.857. The molecular formula is C7H9N3O2. The van der Waals surface area contributed by atoms with Gasteiger partial charge in [0.2, 0.25) is 0 Å². The number of fused-ring (bicyclic) bond motifs is 1. The molecule has 2 rings (SSSR count). The zero-order chi connectivity index (χ0) is 8.55.